The second-order valence-corrected chi connectivity index (χ2v) is 10.8. The predicted octanol–water partition coefficient (Wildman–Crippen LogP) is 3.81. The van der Waals surface area contributed by atoms with Gasteiger partial charge in [-0.1, -0.05) is 37.6 Å². The number of hydrogen-bond acceptors (Lipinski definition) is 3. The van der Waals surface area contributed by atoms with Gasteiger partial charge < -0.3 is 0 Å². The van der Waals surface area contributed by atoms with Crippen molar-refractivity contribution in [2.45, 2.75) is 52.0 Å². The number of carbonyl (C=O) groups excluding carboxylic acids is 1. The van der Waals surface area contributed by atoms with Gasteiger partial charge in [0.2, 0.25) is 15.9 Å². The van der Waals surface area contributed by atoms with Crippen molar-refractivity contribution in [2.24, 2.45) is 16.7 Å². The van der Waals surface area contributed by atoms with Gasteiger partial charge in [-0.05, 0) is 55.2 Å². The van der Waals surface area contributed by atoms with E-state index in [1.807, 2.05) is 0 Å². The van der Waals surface area contributed by atoms with Crippen molar-refractivity contribution in [3.8, 4) is 0 Å². The molecule has 1 saturated heterocycles. The van der Waals surface area contributed by atoms with Gasteiger partial charge in [0.15, 0.2) is 0 Å². The summed E-state index contributed by atoms with van der Waals surface area (Å²) in [5.41, 5.74) is 0.503. The SMILES string of the molecule is C[C@H](C(=O)N1[C@H]2C[C@@H]3CC[C@@]2(CS1(=O)=O)C3(C)C)c1ccc(Cl)cc1. The van der Waals surface area contributed by atoms with E-state index in [0.717, 1.165) is 24.8 Å². The number of nitrogens with zero attached hydrogens (tertiary/aromatic N) is 1. The maximum Gasteiger partial charge on any atom is 0.243 e. The van der Waals surface area contributed by atoms with Crippen LogP contribution >= 0.6 is 11.6 Å². The molecule has 0 radical (unpaired) electrons. The van der Waals surface area contributed by atoms with Crippen molar-refractivity contribution in [2.75, 3.05) is 5.75 Å². The third-order valence-electron chi connectivity index (χ3n) is 7.37. The van der Waals surface area contributed by atoms with Crippen LogP contribution in [0.25, 0.3) is 0 Å². The van der Waals surface area contributed by atoms with E-state index in [1.54, 1.807) is 31.2 Å². The fourth-order valence-electron chi connectivity index (χ4n) is 5.66. The maximum absolute atomic E-state index is 13.2. The molecule has 0 unspecified atom stereocenters. The Kier molecular flexibility index (Phi) is 3.63. The van der Waals surface area contributed by atoms with E-state index in [9.17, 15) is 13.2 Å². The second-order valence-electron chi connectivity index (χ2n) is 8.53. The highest BCUT2D eigenvalue weighted by atomic mass is 35.5. The van der Waals surface area contributed by atoms with Crippen molar-refractivity contribution in [3.63, 3.8) is 0 Å². The molecule has 4 nitrogen and oxygen atoms in total. The lowest BCUT2D eigenvalue weighted by molar-refractivity contribution is -0.130. The Morgan fingerprint density at radius 1 is 1.28 bits per heavy atom. The fraction of sp³-hybridized carbons (Fsp3) is 0.632. The van der Waals surface area contributed by atoms with Gasteiger partial charge in [0.1, 0.15) is 0 Å². The van der Waals surface area contributed by atoms with E-state index in [4.69, 9.17) is 11.6 Å². The number of benzene rings is 1. The van der Waals surface area contributed by atoms with Crippen LogP contribution in [0.4, 0.5) is 0 Å². The quantitative estimate of drug-likeness (QED) is 0.782. The summed E-state index contributed by atoms with van der Waals surface area (Å²) in [5, 5.41) is 0.603. The van der Waals surface area contributed by atoms with Crippen molar-refractivity contribution >= 4 is 27.5 Å². The van der Waals surface area contributed by atoms with Gasteiger partial charge in [0.05, 0.1) is 17.7 Å². The Labute approximate surface area is 154 Å². The van der Waals surface area contributed by atoms with Crippen LogP contribution < -0.4 is 0 Å². The lowest BCUT2D eigenvalue weighted by atomic mass is 9.69. The molecule has 0 N–H and O–H groups in total. The highest BCUT2D eigenvalue weighted by Crippen LogP contribution is 2.70. The zero-order valence-electron chi connectivity index (χ0n) is 14.8. The van der Waals surface area contributed by atoms with E-state index in [-0.39, 0.29) is 28.5 Å². The van der Waals surface area contributed by atoms with E-state index < -0.39 is 15.9 Å². The Bertz CT molecular complexity index is 833. The molecule has 3 aliphatic rings. The first-order chi connectivity index (χ1) is 11.6. The molecule has 136 valence electrons. The smallest absolute Gasteiger partial charge is 0.243 e. The fourth-order valence-corrected chi connectivity index (χ4v) is 8.40. The van der Waals surface area contributed by atoms with Crippen LogP contribution in [0.15, 0.2) is 24.3 Å². The first-order valence-corrected chi connectivity index (χ1v) is 10.9. The molecule has 1 aliphatic heterocycles. The summed E-state index contributed by atoms with van der Waals surface area (Å²) in [4.78, 5) is 13.2. The summed E-state index contributed by atoms with van der Waals surface area (Å²) in [6.07, 6.45) is 2.80. The normalized spacial score (nSPS) is 35.6. The number of rotatable bonds is 2. The lowest BCUT2D eigenvalue weighted by Gasteiger charge is -2.37. The number of fused-ring (bicyclic) bond motifs is 1. The summed E-state index contributed by atoms with van der Waals surface area (Å²) in [7, 11) is -3.56. The van der Waals surface area contributed by atoms with Crippen molar-refractivity contribution in [3.05, 3.63) is 34.9 Å². The molecule has 4 atom stereocenters. The Hall–Kier alpha value is -1.07. The highest BCUT2D eigenvalue weighted by Gasteiger charge is 2.72. The summed E-state index contributed by atoms with van der Waals surface area (Å²) >= 11 is 5.92. The minimum absolute atomic E-state index is 0.0245. The lowest BCUT2D eigenvalue weighted by Crippen LogP contribution is -2.45. The molecule has 6 heteroatoms. The molecule has 1 spiro atoms. The third kappa shape index (κ3) is 2.18. The Balaban J connectivity index is 1.70. The second kappa shape index (κ2) is 5.23. The highest BCUT2D eigenvalue weighted by molar-refractivity contribution is 7.90. The maximum atomic E-state index is 13.2. The van der Waals surface area contributed by atoms with Crippen LogP contribution in [0.5, 0.6) is 0 Å². The molecule has 2 saturated carbocycles. The average Bonchev–Trinajstić information content (AvgIpc) is 3.01. The van der Waals surface area contributed by atoms with E-state index in [2.05, 4.69) is 13.8 Å². The van der Waals surface area contributed by atoms with Gasteiger partial charge in [0.25, 0.3) is 0 Å². The summed E-state index contributed by atoms with van der Waals surface area (Å²) in [6.45, 7) is 6.16. The number of amides is 1. The average molecular weight is 382 g/mol. The zero-order valence-corrected chi connectivity index (χ0v) is 16.4. The largest absolute Gasteiger partial charge is 0.273 e. The van der Waals surface area contributed by atoms with Crippen molar-refractivity contribution in [1.29, 1.82) is 0 Å². The topological polar surface area (TPSA) is 54.5 Å². The van der Waals surface area contributed by atoms with Gasteiger partial charge in [-0.15, -0.1) is 0 Å². The minimum Gasteiger partial charge on any atom is -0.273 e. The standard InChI is InChI=1S/C19H24ClNO3S/c1-12(13-4-6-15(20)7-5-13)17(22)21-16-10-14-8-9-19(16,18(14,2)3)11-25(21,23)24/h4-7,12,14,16H,8-11H2,1-3H3/t12-,14-,16-,19-/m0/s1. The zero-order chi connectivity index (χ0) is 18.2. The van der Waals surface area contributed by atoms with Crippen LogP contribution in [0, 0.1) is 16.7 Å². The molecule has 25 heavy (non-hydrogen) atoms. The van der Waals surface area contributed by atoms with Crippen LogP contribution in [-0.4, -0.2) is 30.4 Å². The number of sulfonamides is 1. The third-order valence-corrected chi connectivity index (χ3v) is 9.53. The minimum atomic E-state index is -3.56. The first kappa shape index (κ1) is 17.3. The monoisotopic (exact) mass is 381 g/mol. The molecule has 1 aromatic rings. The summed E-state index contributed by atoms with van der Waals surface area (Å²) in [5.74, 6) is -0.168. The van der Waals surface area contributed by atoms with Gasteiger partial charge in [-0.3, -0.25) is 4.79 Å². The molecule has 2 bridgehead atoms. The number of carbonyl (C=O) groups is 1. The van der Waals surface area contributed by atoms with Crippen LogP contribution in [0.3, 0.4) is 0 Å². The van der Waals surface area contributed by atoms with Crippen LogP contribution in [-0.2, 0) is 14.8 Å². The summed E-state index contributed by atoms with van der Waals surface area (Å²) in [6, 6.07) is 6.90. The molecular weight excluding hydrogens is 358 g/mol. The van der Waals surface area contributed by atoms with Gasteiger partial charge in [0, 0.05) is 10.4 Å². The molecule has 2 aliphatic carbocycles. The molecule has 1 heterocycles. The van der Waals surface area contributed by atoms with E-state index >= 15 is 0 Å². The van der Waals surface area contributed by atoms with Crippen LogP contribution in [0.2, 0.25) is 5.02 Å². The van der Waals surface area contributed by atoms with Gasteiger partial charge in [-0.25, -0.2) is 12.7 Å². The molecule has 1 aromatic carbocycles. The van der Waals surface area contributed by atoms with Gasteiger partial charge in [-0.2, -0.15) is 0 Å². The molecule has 3 fully saturated rings. The molecule has 4 rings (SSSR count). The summed E-state index contributed by atoms with van der Waals surface area (Å²) < 4.78 is 27.2. The Morgan fingerprint density at radius 2 is 1.92 bits per heavy atom. The Morgan fingerprint density at radius 3 is 2.52 bits per heavy atom. The van der Waals surface area contributed by atoms with E-state index in [1.165, 1.54) is 4.31 Å². The van der Waals surface area contributed by atoms with E-state index in [0.29, 0.717) is 10.9 Å². The molecule has 1 amide bonds. The predicted molar refractivity (Wildman–Crippen MR) is 97.8 cm³/mol. The first-order valence-electron chi connectivity index (χ1n) is 8.91. The number of hydrogen-bond donors (Lipinski definition) is 0. The molecule has 0 aromatic heterocycles. The van der Waals surface area contributed by atoms with Crippen molar-refractivity contribution < 1.29 is 13.2 Å². The van der Waals surface area contributed by atoms with Crippen LogP contribution in [0.1, 0.15) is 51.5 Å². The molecular formula is C19H24ClNO3S. The number of halogens is 1. The van der Waals surface area contributed by atoms with Gasteiger partial charge >= 0.3 is 0 Å². The van der Waals surface area contributed by atoms with Crippen molar-refractivity contribution in [1.82, 2.24) is 4.31 Å².